The average Bonchev–Trinajstić information content (AvgIpc) is 3.18. The number of amides is 1. The predicted octanol–water partition coefficient (Wildman–Crippen LogP) is 4.26. The molecule has 0 aliphatic heterocycles. The summed E-state index contributed by atoms with van der Waals surface area (Å²) in [5, 5.41) is 3.88. The molecule has 0 unspecified atom stereocenters. The molecule has 9 heteroatoms. The smallest absolute Gasteiger partial charge is 0.406 e. The molecule has 0 saturated heterocycles. The Labute approximate surface area is 143 Å². The zero-order valence-corrected chi connectivity index (χ0v) is 13.6. The Kier molecular flexibility index (Phi) is 3.68. The molecule has 1 aromatic carbocycles. The number of nitrogens with one attached hydrogen (secondary N) is 2. The first kappa shape index (κ1) is 15.9. The molecule has 1 aliphatic rings. The molecule has 130 valence electrons. The Morgan fingerprint density at radius 3 is 2.88 bits per heavy atom. The molecular weight excluding hydrogens is 355 g/mol. The summed E-state index contributed by atoms with van der Waals surface area (Å²) < 4.78 is 40.7. The number of halogens is 3. The van der Waals surface area contributed by atoms with Gasteiger partial charge < -0.3 is 9.72 Å². The van der Waals surface area contributed by atoms with Crippen molar-refractivity contribution in [3.05, 3.63) is 40.5 Å². The molecular formula is C16H12F3N3O2S. The standard InChI is InChI=1S/C16H12F3N3O2S/c17-16(18,19)24-9-5-4-8-6-12(20-11(8)7-9)14(23)22-15-21-10-2-1-3-13(10)25-15/h4-7,20H,1-3H2,(H,21,22,23). The van der Waals surface area contributed by atoms with Crippen molar-refractivity contribution < 1.29 is 22.7 Å². The Balaban J connectivity index is 1.54. The van der Waals surface area contributed by atoms with Crippen LogP contribution >= 0.6 is 11.3 Å². The molecule has 0 saturated carbocycles. The van der Waals surface area contributed by atoms with Crippen LogP contribution in [0.5, 0.6) is 5.75 Å². The van der Waals surface area contributed by atoms with Crippen molar-refractivity contribution in [1.29, 1.82) is 0 Å². The summed E-state index contributed by atoms with van der Waals surface area (Å²) in [6.45, 7) is 0. The fourth-order valence-corrected chi connectivity index (χ4v) is 3.88. The van der Waals surface area contributed by atoms with Crippen LogP contribution in [0.3, 0.4) is 0 Å². The van der Waals surface area contributed by atoms with Crippen molar-refractivity contribution in [2.45, 2.75) is 25.6 Å². The monoisotopic (exact) mass is 367 g/mol. The van der Waals surface area contributed by atoms with E-state index in [9.17, 15) is 18.0 Å². The summed E-state index contributed by atoms with van der Waals surface area (Å²) >= 11 is 1.46. The minimum Gasteiger partial charge on any atom is -0.406 e. The fraction of sp³-hybridized carbons (Fsp3) is 0.250. The molecule has 5 nitrogen and oxygen atoms in total. The molecule has 2 N–H and O–H groups in total. The van der Waals surface area contributed by atoms with Crippen LogP contribution in [0.4, 0.5) is 18.3 Å². The molecule has 2 heterocycles. The van der Waals surface area contributed by atoms with E-state index in [0.717, 1.165) is 25.0 Å². The Bertz CT molecular complexity index is 940. The van der Waals surface area contributed by atoms with Gasteiger partial charge in [-0.25, -0.2) is 4.98 Å². The number of aromatic amines is 1. The highest BCUT2D eigenvalue weighted by Crippen LogP contribution is 2.31. The van der Waals surface area contributed by atoms with Crippen LogP contribution in [-0.2, 0) is 12.8 Å². The number of nitrogens with zero attached hydrogens (tertiary/aromatic N) is 1. The first-order valence-corrected chi connectivity index (χ1v) is 8.37. The molecule has 1 amide bonds. The van der Waals surface area contributed by atoms with E-state index in [1.54, 1.807) is 6.07 Å². The van der Waals surface area contributed by atoms with Gasteiger partial charge in [0.25, 0.3) is 5.91 Å². The molecule has 3 aromatic rings. The summed E-state index contributed by atoms with van der Waals surface area (Å²) in [7, 11) is 0. The van der Waals surface area contributed by atoms with Crippen LogP contribution in [0, 0.1) is 0 Å². The highest BCUT2D eigenvalue weighted by molar-refractivity contribution is 7.15. The third kappa shape index (κ3) is 3.32. The SMILES string of the molecule is O=C(Nc1nc2c(s1)CCC2)c1cc2ccc(OC(F)(F)F)cc2[nH]1. The van der Waals surface area contributed by atoms with Crippen molar-refractivity contribution >= 4 is 33.3 Å². The number of anilines is 1. The summed E-state index contributed by atoms with van der Waals surface area (Å²) in [6, 6.07) is 5.44. The van der Waals surface area contributed by atoms with Crippen LogP contribution in [0.1, 0.15) is 27.5 Å². The van der Waals surface area contributed by atoms with Gasteiger partial charge in [0, 0.05) is 21.8 Å². The number of thiazole rings is 1. The Morgan fingerprint density at radius 2 is 2.12 bits per heavy atom. The van der Waals surface area contributed by atoms with Crippen LogP contribution in [-0.4, -0.2) is 22.2 Å². The van der Waals surface area contributed by atoms with E-state index >= 15 is 0 Å². The van der Waals surface area contributed by atoms with Gasteiger partial charge in [-0.3, -0.25) is 10.1 Å². The third-order valence-electron chi connectivity index (χ3n) is 3.89. The van der Waals surface area contributed by atoms with Crippen LogP contribution < -0.4 is 10.1 Å². The predicted molar refractivity (Wildman–Crippen MR) is 87.1 cm³/mol. The van der Waals surface area contributed by atoms with Gasteiger partial charge in [0.15, 0.2) is 5.13 Å². The first-order chi connectivity index (χ1) is 11.9. The lowest BCUT2D eigenvalue weighted by molar-refractivity contribution is -0.274. The minimum atomic E-state index is -4.76. The van der Waals surface area contributed by atoms with E-state index < -0.39 is 6.36 Å². The van der Waals surface area contributed by atoms with Gasteiger partial charge in [-0.1, -0.05) is 0 Å². The van der Waals surface area contributed by atoms with Crippen LogP contribution in [0.15, 0.2) is 24.3 Å². The second-order valence-corrected chi connectivity index (χ2v) is 6.76. The number of alkyl halides is 3. The normalized spacial score (nSPS) is 13.9. The largest absolute Gasteiger partial charge is 0.573 e. The first-order valence-electron chi connectivity index (χ1n) is 7.56. The Morgan fingerprint density at radius 1 is 1.28 bits per heavy atom. The Hall–Kier alpha value is -2.55. The topological polar surface area (TPSA) is 67.0 Å². The number of carbonyl (C=O) groups excluding carboxylic acids is 1. The zero-order chi connectivity index (χ0) is 17.6. The molecule has 2 aromatic heterocycles. The van der Waals surface area contributed by atoms with Gasteiger partial charge >= 0.3 is 6.36 Å². The van der Waals surface area contributed by atoms with Crippen molar-refractivity contribution in [3.63, 3.8) is 0 Å². The van der Waals surface area contributed by atoms with E-state index in [2.05, 4.69) is 20.0 Å². The van der Waals surface area contributed by atoms with E-state index in [1.165, 1.54) is 34.4 Å². The highest BCUT2D eigenvalue weighted by atomic mass is 32.1. The van der Waals surface area contributed by atoms with Gasteiger partial charge in [0.05, 0.1) is 5.69 Å². The summed E-state index contributed by atoms with van der Waals surface area (Å²) in [6.07, 6.45) is -1.76. The lowest BCUT2D eigenvalue weighted by Crippen LogP contribution is -2.16. The lowest BCUT2D eigenvalue weighted by Gasteiger charge is -2.08. The van der Waals surface area contributed by atoms with Crippen LogP contribution in [0.2, 0.25) is 0 Å². The zero-order valence-electron chi connectivity index (χ0n) is 12.7. The number of hydrogen-bond donors (Lipinski definition) is 2. The van der Waals surface area contributed by atoms with Gasteiger partial charge in [0.1, 0.15) is 11.4 Å². The third-order valence-corrected chi connectivity index (χ3v) is 4.96. The van der Waals surface area contributed by atoms with E-state index in [-0.39, 0.29) is 17.4 Å². The molecule has 25 heavy (non-hydrogen) atoms. The summed E-state index contributed by atoms with van der Waals surface area (Å²) in [5.41, 5.74) is 1.66. The molecule has 0 bridgehead atoms. The van der Waals surface area contributed by atoms with Crippen LogP contribution in [0.25, 0.3) is 10.9 Å². The second-order valence-electron chi connectivity index (χ2n) is 5.68. The number of aromatic nitrogens is 2. The van der Waals surface area contributed by atoms with Gasteiger partial charge in [-0.05, 0) is 37.5 Å². The number of benzene rings is 1. The number of aryl methyl sites for hydroxylation is 2. The lowest BCUT2D eigenvalue weighted by atomic mass is 10.2. The maximum atomic E-state index is 12.3. The number of fused-ring (bicyclic) bond motifs is 2. The second kappa shape index (κ2) is 5.76. The highest BCUT2D eigenvalue weighted by Gasteiger charge is 2.31. The maximum Gasteiger partial charge on any atom is 0.573 e. The number of ether oxygens (including phenoxy) is 1. The molecule has 4 rings (SSSR count). The fourth-order valence-electron chi connectivity index (χ4n) is 2.83. The number of rotatable bonds is 3. The minimum absolute atomic E-state index is 0.245. The number of carbonyl (C=O) groups is 1. The quantitative estimate of drug-likeness (QED) is 0.727. The van der Waals surface area contributed by atoms with E-state index in [1.807, 2.05) is 0 Å². The number of hydrogen-bond acceptors (Lipinski definition) is 4. The van der Waals surface area contributed by atoms with Gasteiger partial charge in [0.2, 0.25) is 0 Å². The summed E-state index contributed by atoms with van der Waals surface area (Å²) in [4.78, 5) is 20.7. The molecule has 1 aliphatic carbocycles. The number of H-pyrrole nitrogens is 1. The van der Waals surface area contributed by atoms with Crippen molar-refractivity contribution in [2.24, 2.45) is 0 Å². The van der Waals surface area contributed by atoms with Crippen molar-refractivity contribution in [3.8, 4) is 5.75 Å². The average molecular weight is 367 g/mol. The molecule has 0 atom stereocenters. The van der Waals surface area contributed by atoms with Gasteiger partial charge in [-0.2, -0.15) is 0 Å². The van der Waals surface area contributed by atoms with E-state index in [4.69, 9.17) is 0 Å². The molecule has 0 fully saturated rings. The van der Waals surface area contributed by atoms with Crippen molar-refractivity contribution in [1.82, 2.24) is 9.97 Å². The summed E-state index contributed by atoms with van der Waals surface area (Å²) in [5.74, 6) is -0.730. The van der Waals surface area contributed by atoms with Crippen molar-refractivity contribution in [2.75, 3.05) is 5.32 Å². The maximum absolute atomic E-state index is 12.3. The molecule has 0 spiro atoms. The molecule has 0 radical (unpaired) electrons. The van der Waals surface area contributed by atoms with E-state index in [0.29, 0.717) is 16.0 Å². The van der Waals surface area contributed by atoms with Gasteiger partial charge in [-0.15, -0.1) is 24.5 Å².